The monoisotopic (exact) mass is 247 g/mol. The van der Waals surface area contributed by atoms with Crippen LogP contribution in [-0.4, -0.2) is 18.6 Å². The lowest BCUT2D eigenvalue weighted by Gasteiger charge is -2.29. The molecule has 3 heteroatoms. The summed E-state index contributed by atoms with van der Waals surface area (Å²) in [6, 6.07) is 4.10. The zero-order valence-corrected chi connectivity index (χ0v) is 11.6. The van der Waals surface area contributed by atoms with Crippen molar-refractivity contribution in [2.24, 2.45) is 11.7 Å². The molecule has 0 radical (unpaired) electrons. The van der Waals surface area contributed by atoms with Crippen molar-refractivity contribution < 1.29 is 0 Å². The largest absolute Gasteiger partial charge is 0.359 e. The molecule has 0 aliphatic heterocycles. The zero-order valence-electron chi connectivity index (χ0n) is 11.6. The second kappa shape index (κ2) is 6.19. The van der Waals surface area contributed by atoms with E-state index in [1.165, 1.54) is 32.1 Å². The lowest BCUT2D eigenvalue weighted by atomic mass is 9.89. The Morgan fingerprint density at radius 1 is 1.39 bits per heavy atom. The van der Waals surface area contributed by atoms with Gasteiger partial charge in [-0.2, -0.15) is 0 Å². The van der Waals surface area contributed by atoms with Crippen molar-refractivity contribution in [1.82, 2.24) is 4.98 Å². The molecule has 0 aromatic carbocycles. The van der Waals surface area contributed by atoms with Crippen LogP contribution < -0.4 is 10.6 Å². The fraction of sp³-hybridized carbons (Fsp3) is 0.667. The van der Waals surface area contributed by atoms with Crippen LogP contribution in [0.3, 0.4) is 0 Å². The van der Waals surface area contributed by atoms with Gasteiger partial charge in [0.05, 0.1) is 0 Å². The molecule has 3 nitrogen and oxygen atoms in total. The summed E-state index contributed by atoms with van der Waals surface area (Å²) in [5.74, 6) is 1.88. The third kappa shape index (κ3) is 3.22. The lowest BCUT2D eigenvalue weighted by molar-refractivity contribution is 0.361. The molecule has 1 atom stereocenters. The number of anilines is 1. The topological polar surface area (TPSA) is 42.1 Å². The van der Waals surface area contributed by atoms with E-state index >= 15 is 0 Å². The molecule has 1 heterocycles. The first-order valence-corrected chi connectivity index (χ1v) is 7.10. The van der Waals surface area contributed by atoms with Gasteiger partial charge in [0.15, 0.2) is 0 Å². The quantitative estimate of drug-likeness (QED) is 0.889. The van der Waals surface area contributed by atoms with E-state index in [0.29, 0.717) is 0 Å². The summed E-state index contributed by atoms with van der Waals surface area (Å²) < 4.78 is 0. The van der Waals surface area contributed by atoms with Crippen molar-refractivity contribution in [2.75, 3.05) is 18.5 Å². The molecule has 1 aliphatic carbocycles. The van der Waals surface area contributed by atoms with E-state index in [4.69, 9.17) is 5.73 Å². The molecule has 0 bridgehead atoms. The van der Waals surface area contributed by atoms with Crippen LogP contribution in [0.4, 0.5) is 5.82 Å². The van der Waals surface area contributed by atoms with Crippen molar-refractivity contribution in [3.8, 4) is 0 Å². The van der Waals surface area contributed by atoms with Gasteiger partial charge < -0.3 is 10.6 Å². The zero-order chi connectivity index (χ0) is 13.0. The summed E-state index contributed by atoms with van der Waals surface area (Å²) in [4.78, 5) is 6.80. The summed E-state index contributed by atoms with van der Waals surface area (Å²) in [7, 11) is 2.14. The minimum absolute atomic E-state index is 0.0440. The Bertz CT molecular complexity index is 370. The van der Waals surface area contributed by atoms with Crippen LogP contribution in [0, 0.1) is 5.92 Å². The maximum absolute atomic E-state index is 6.02. The van der Waals surface area contributed by atoms with Gasteiger partial charge in [0.1, 0.15) is 5.82 Å². The van der Waals surface area contributed by atoms with E-state index in [1.54, 1.807) is 0 Å². The van der Waals surface area contributed by atoms with Gasteiger partial charge in [-0.05, 0) is 31.7 Å². The molecule has 0 saturated heterocycles. The van der Waals surface area contributed by atoms with Gasteiger partial charge in [0.2, 0.25) is 0 Å². The minimum Gasteiger partial charge on any atom is -0.359 e. The number of nitrogens with two attached hydrogens (primary N) is 1. The van der Waals surface area contributed by atoms with Gasteiger partial charge in [-0.15, -0.1) is 0 Å². The van der Waals surface area contributed by atoms with Crippen LogP contribution in [0.2, 0.25) is 0 Å². The highest BCUT2D eigenvalue weighted by Gasteiger charge is 2.18. The third-order valence-electron chi connectivity index (χ3n) is 3.93. The van der Waals surface area contributed by atoms with Crippen LogP contribution in [0.1, 0.15) is 50.6 Å². The molecular formula is C15H25N3. The van der Waals surface area contributed by atoms with Crippen LogP contribution in [0.15, 0.2) is 18.3 Å². The molecule has 18 heavy (non-hydrogen) atoms. The summed E-state index contributed by atoms with van der Waals surface area (Å²) in [5.41, 5.74) is 7.17. The average Bonchev–Trinajstić information content (AvgIpc) is 2.40. The smallest absolute Gasteiger partial charge is 0.133 e. The van der Waals surface area contributed by atoms with Crippen LogP contribution in [-0.2, 0) is 0 Å². The van der Waals surface area contributed by atoms with Crippen molar-refractivity contribution in [2.45, 2.75) is 45.1 Å². The highest BCUT2D eigenvalue weighted by Crippen LogP contribution is 2.27. The summed E-state index contributed by atoms with van der Waals surface area (Å²) >= 11 is 0. The molecule has 100 valence electrons. The molecule has 1 fully saturated rings. The summed E-state index contributed by atoms with van der Waals surface area (Å²) in [6.45, 7) is 3.13. The second-order valence-electron chi connectivity index (χ2n) is 5.59. The molecule has 2 rings (SSSR count). The highest BCUT2D eigenvalue weighted by atomic mass is 15.2. The fourth-order valence-corrected chi connectivity index (χ4v) is 2.93. The SMILES string of the molecule is CC(N)c1cccnc1N(C)CC1CCCCC1. The predicted octanol–water partition coefficient (Wildman–Crippen LogP) is 3.12. The van der Waals surface area contributed by atoms with E-state index in [0.717, 1.165) is 23.8 Å². The maximum Gasteiger partial charge on any atom is 0.133 e. The predicted molar refractivity (Wildman–Crippen MR) is 76.7 cm³/mol. The van der Waals surface area contributed by atoms with Gasteiger partial charge in [-0.3, -0.25) is 0 Å². The number of rotatable bonds is 4. The minimum atomic E-state index is 0.0440. The van der Waals surface area contributed by atoms with E-state index < -0.39 is 0 Å². The van der Waals surface area contributed by atoms with E-state index in [2.05, 4.69) is 23.0 Å². The van der Waals surface area contributed by atoms with Crippen molar-refractivity contribution in [1.29, 1.82) is 0 Å². The van der Waals surface area contributed by atoms with Gasteiger partial charge in [0, 0.05) is 31.4 Å². The molecule has 1 aromatic heterocycles. The van der Waals surface area contributed by atoms with Crippen molar-refractivity contribution in [3.63, 3.8) is 0 Å². The van der Waals surface area contributed by atoms with E-state index in [1.807, 2.05) is 19.2 Å². The molecule has 0 amide bonds. The summed E-state index contributed by atoms with van der Waals surface area (Å²) in [6.07, 6.45) is 8.78. The fourth-order valence-electron chi connectivity index (χ4n) is 2.93. The number of nitrogens with zero attached hydrogens (tertiary/aromatic N) is 2. The Labute approximate surface area is 110 Å². The van der Waals surface area contributed by atoms with Crippen molar-refractivity contribution in [3.05, 3.63) is 23.9 Å². The third-order valence-corrected chi connectivity index (χ3v) is 3.93. The first-order valence-electron chi connectivity index (χ1n) is 7.10. The van der Waals surface area contributed by atoms with E-state index in [-0.39, 0.29) is 6.04 Å². The molecule has 1 saturated carbocycles. The molecule has 0 spiro atoms. The van der Waals surface area contributed by atoms with Gasteiger partial charge in [0.25, 0.3) is 0 Å². The summed E-state index contributed by atoms with van der Waals surface area (Å²) in [5, 5.41) is 0. The number of hydrogen-bond acceptors (Lipinski definition) is 3. The van der Waals surface area contributed by atoms with Crippen LogP contribution >= 0.6 is 0 Å². The Morgan fingerprint density at radius 2 is 2.11 bits per heavy atom. The lowest BCUT2D eigenvalue weighted by Crippen LogP contribution is -2.29. The Hall–Kier alpha value is -1.09. The molecule has 1 aliphatic rings. The van der Waals surface area contributed by atoms with Gasteiger partial charge >= 0.3 is 0 Å². The number of pyridine rings is 1. The average molecular weight is 247 g/mol. The molecule has 1 unspecified atom stereocenters. The normalized spacial score (nSPS) is 18.6. The Morgan fingerprint density at radius 3 is 2.78 bits per heavy atom. The number of hydrogen-bond donors (Lipinski definition) is 1. The van der Waals surface area contributed by atoms with Gasteiger partial charge in [-0.25, -0.2) is 4.98 Å². The number of aromatic nitrogens is 1. The Kier molecular flexibility index (Phi) is 4.59. The highest BCUT2D eigenvalue weighted by molar-refractivity contribution is 5.47. The molecule has 1 aromatic rings. The standard InChI is InChI=1S/C15H25N3/c1-12(16)14-9-6-10-17-15(14)18(2)11-13-7-4-3-5-8-13/h6,9-10,12-13H,3-5,7-8,11,16H2,1-2H3. The van der Waals surface area contributed by atoms with Crippen LogP contribution in [0.25, 0.3) is 0 Å². The van der Waals surface area contributed by atoms with E-state index in [9.17, 15) is 0 Å². The second-order valence-corrected chi connectivity index (χ2v) is 5.59. The van der Waals surface area contributed by atoms with Crippen molar-refractivity contribution >= 4 is 5.82 Å². The van der Waals surface area contributed by atoms with Gasteiger partial charge in [-0.1, -0.05) is 25.3 Å². The maximum atomic E-state index is 6.02. The first-order chi connectivity index (χ1) is 8.68. The van der Waals surface area contributed by atoms with Crippen LogP contribution in [0.5, 0.6) is 0 Å². The molecular weight excluding hydrogens is 222 g/mol. The Balaban J connectivity index is 2.05. The molecule has 2 N–H and O–H groups in total. The first kappa shape index (κ1) is 13.3.